The molecule has 2 N–H and O–H groups in total. The standard InChI is InChI=1S/C22H18F6N4O2/c1-11-15(22(26,27)28)5-4-6-16(11)31-19-14(9-13(10-29-19)21(23,24)25)20(33)32-17-7-8-18(34-3)30-12(17)2/h4-10H,1-3H3,(H,29,31)(H,32,33). The predicted molar refractivity (Wildman–Crippen MR) is 112 cm³/mol. The fraction of sp³-hybridized carbons (Fsp3) is 0.227. The highest BCUT2D eigenvalue weighted by Crippen LogP contribution is 2.36. The molecule has 0 unspecified atom stereocenters. The molecule has 2 heterocycles. The molecule has 1 amide bonds. The Morgan fingerprint density at radius 1 is 0.971 bits per heavy atom. The molecule has 12 heteroatoms. The third-order valence-corrected chi connectivity index (χ3v) is 4.87. The van der Waals surface area contributed by atoms with E-state index in [-0.39, 0.29) is 28.6 Å². The summed E-state index contributed by atoms with van der Waals surface area (Å²) in [5.41, 5.74) is -2.41. The molecule has 0 aliphatic heterocycles. The summed E-state index contributed by atoms with van der Waals surface area (Å²) < 4.78 is 84.5. The summed E-state index contributed by atoms with van der Waals surface area (Å²) in [4.78, 5) is 20.7. The zero-order chi connectivity index (χ0) is 25.3. The summed E-state index contributed by atoms with van der Waals surface area (Å²) in [5, 5.41) is 5.01. The largest absolute Gasteiger partial charge is 0.481 e. The zero-order valence-electron chi connectivity index (χ0n) is 18.0. The number of halogens is 6. The molecule has 6 nitrogen and oxygen atoms in total. The third-order valence-electron chi connectivity index (χ3n) is 4.87. The van der Waals surface area contributed by atoms with Crippen molar-refractivity contribution in [2.24, 2.45) is 0 Å². The number of hydrogen-bond donors (Lipinski definition) is 2. The van der Waals surface area contributed by atoms with Crippen LogP contribution in [0.2, 0.25) is 0 Å². The number of methoxy groups -OCH3 is 1. The number of nitrogens with zero attached hydrogens (tertiary/aromatic N) is 2. The molecule has 0 fully saturated rings. The maximum absolute atomic E-state index is 13.3. The van der Waals surface area contributed by atoms with Gasteiger partial charge in [-0.25, -0.2) is 9.97 Å². The summed E-state index contributed by atoms with van der Waals surface area (Å²) in [7, 11) is 1.39. The monoisotopic (exact) mass is 484 g/mol. The van der Waals surface area contributed by atoms with Crippen molar-refractivity contribution in [2.75, 3.05) is 17.7 Å². The van der Waals surface area contributed by atoms with Gasteiger partial charge in [-0.2, -0.15) is 26.3 Å². The smallest absolute Gasteiger partial charge is 0.417 e. The number of carbonyl (C=O) groups excluding carboxylic acids is 1. The van der Waals surface area contributed by atoms with Gasteiger partial charge in [0, 0.05) is 18.0 Å². The molecule has 3 aromatic rings. The number of amides is 1. The second-order valence-electron chi connectivity index (χ2n) is 7.16. The molecule has 180 valence electrons. The van der Waals surface area contributed by atoms with Gasteiger partial charge in [0.25, 0.3) is 5.91 Å². The number of rotatable bonds is 5. The maximum atomic E-state index is 13.3. The lowest BCUT2D eigenvalue weighted by Crippen LogP contribution is -2.18. The minimum absolute atomic E-state index is 0.0709. The number of nitrogens with one attached hydrogen (secondary N) is 2. The van der Waals surface area contributed by atoms with Gasteiger partial charge in [0.2, 0.25) is 5.88 Å². The van der Waals surface area contributed by atoms with Crippen LogP contribution < -0.4 is 15.4 Å². The molecule has 3 rings (SSSR count). The van der Waals surface area contributed by atoms with Crippen LogP contribution in [0.25, 0.3) is 0 Å². The second kappa shape index (κ2) is 9.20. The molecular formula is C22H18F6N4O2. The van der Waals surface area contributed by atoms with E-state index in [1.165, 1.54) is 32.2 Å². The number of pyridine rings is 2. The predicted octanol–water partition coefficient (Wildman–Crippen LogP) is 6.14. The van der Waals surface area contributed by atoms with Crippen molar-refractivity contribution in [1.29, 1.82) is 0 Å². The summed E-state index contributed by atoms with van der Waals surface area (Å²) in [6.07, 6.45) is -8.96. The van der Waals surface area contributed by atoms with Crippen molar-refractivity contribution >= 4 is 23.1 Å². The topological polar surface area (TPSA) is 76.1 Å². The summed E-state index contributed by atoms with van der Waals surface area (Å²) >= 11 is 0. The van der Waals surface area contributed by atoms with Gasteiger partial charge in [0.05, 0.1) is 35.2 Å². The molecule has 34 heavy (non-hydrogen) atoms. The van der Waals surface area contributed by atoms with Gasteiger partial charge >= 0.3 is 12.4 Å². The molecule has 1 aromatic carbocycles. The SMILES string of the molecule is COc1ccc(NC(=O)c2cc(C(F)(F)F)cnc2Nc2cccc(C(F)(F)F)c2C)c(C)n1. The van der Waals surface area contributed by atoms with E-state index in [2.05, 4.69) is 20.6 Å². The van der Waals surface area contributed by atoms with Crippen LogP contribution in [0, 0.1) is 13.8 Å². The first-order chi connectivity index (χ1) is 15.8. The first-order valence-corrected chi connectivity index (χ1v) is 9.65. The highest BCUT2D eigenvalue weighted by molar-refractivity contribution is 6.08. The summed E-state index contributed by atoms with van der Waals surface area (Å²) in [5.74, 6) is -1.06. The summed E-state index contributed by atoms with van der Waals surface area (Å²) in [6.45, 7) is 2.75. The van der Waals surface area contributed by atoms with Gasteiger partial charge in [-0.1, -0.05) is 6.07 Å². The van der Waals surface area contributed by atoms with Crippen LogP contribution in [0.15, 0.2) is 42.6 Å². The molecule has 0 bridgehead atoms. The van der Waals surface area contributed by atoms with Crippen molar-refractivity contribution in [3.63, 3.8) is 0 Å². The highest BCUT2D eigenvalue weighted by Gasteiger charge is 2.34. The van der Waals surface area contributed by atoms with Crippen molar-refractivity contribution in [3.8, 4) is 5.88 Å². The second-order valence-corrected chi connectivity index (χ2v) is 7.16. The first kappa shape index (κ1) is 24.8. The Labute approximate surface area is 190 Å². The zero-order valence-corrected chi connectivity index (χ0v) is 18.0. The number of hydrogen-bond acceptors (Lipinski definition) is 5. The number of alkyl halides is 6. The Bertz CT molecular complexity index is 1220. The van der Waals surface area contributed by atoms with Crippen molar-refractivity contribution in [1.82, 2.24) is 9.97 Å². The van der Waals surface area contributed by atoms with E-state index in [1.54, 1.807) is 6.92 Å². The van der Waals surface area contributed by atoms with Crippen molar-refractivity contribution < 1.29 is 35.9 Å². The fourth-order valence-corrected chi connectivity index (χ4v) is 3.07. The first-order valence-electron chi connectivity index (χ1n) is 9.65. The van der Waals surface area contributed by atoms with Gasteiger partial charge in [0.15, 0.2) is 0 Å². The van der Waals surface area contributed by atoms with Crippen LogP contribution in [-0.2, 0) is 12.4 Å². The van der Waals surface area contributed by atoms with E-state index >= 15 is 0 Å². The molecule has 0 saturated carbocycles. The molecule has 2 aromatic heterocycles. The number of ether oxygens (including phenoxy) is 1. The maximum Gasteiger partial charge on any atom is 0.417 e. The van der Waals surface area contributed by atoms with E-state index in [0.29, 0.717) is 18.0 Å². The molecule has 0 spiro atoms. The molecule has 0 saturated heterocycles. The Kier molecular flexibility index (Phi) is 6.71. The molecule has 0 atom stereocenters. The van der Waals surface area contributed by atoms with Crippen LogP contribution >= 0.6 is 0 Å². The van der Waals surface area contributed by atoms with E-state index < -0.39 is 35.0 Å². The lowest BCUT2D eigenvalue weighted by atomic mass is 10.1. The number of carbonyl (C=O) groups is 1. The van der Waals surface area contributed by atoms with Crippen LogP contribution in [0.1, 0.15) is 32.7 Å². The van der Waals surface area contributed by atoms with Gasteiger partial charge in [-0.15, -0.1) is 0 Å². The third kappa shape index (κ3) is 5.38. The van der Waals surface area contributed by atoms with Crippen LogP contribution in [0.4, 0.5) is 43.5 Å². The van der Waals surface area contributed by atoms with Crippen LogP contribution in [0.3, 0.4) is 0 Å². The highest BCUT2D eigenvalue weighted by atomic mass is 19.4. The minimum Gasteiger partial charge on any atom is -0.481 e. The molecular weight excluding hydrogens is 466 g/mol. The van der Waals surface area contributed by atoms with Crippen LogP contribution in [0.5, 0.6) is 5.88 Å². The Balaban J connectivity index is 2.03. The summed E-state index contributed by atoms with van der Waals surface area (Å²) in [6, 6.07) is 6.76. The van der Waals surface area contributed by atoms with Gasteiger partial charge < -0.3 is 15.4 Å². The van der Waals surface area contributed by atoms with E-state index in [0.717, 1.165) is 12.1 Å². The van der Waals surface area contributed by atoms with E-state index in [1.807, 2.05) is 0 Å². The van der Waals surface area contributed by atoms with Crippen molar-refractivity contribution in [2.45, 2.75) is 26.2 Å². The van der Waals surface area contributed by atoms with Gasteiger partial charge in [-0.3, -0.25) is 4.79 Å². The fourth-order valence-electron chi connectivity index (χ4n) is 3.07. The average molecular weight is 484 g/mol. The Morgan fingerprint density at radius 2 is 1.68 bits per heavy atom. The van der Waals surface area contributed by atoms with Crippen molar-refractivity contribution in [3.05, 3.63) is 70.5 Å². The number of aromatic nitrogens is 2. The van der Waals surface area contributed by atoms with E-state index in [9.17, 15) is 31.1 Å². The molecule has 0 radical (unpaired) electrons. The molecule has 0 aliphatic carbocycles. The van der Waals surface area contributed by atoms with Gasteiger partial charge in [0.1, 0.15) is 5.82 Å². The number of aryl methyl sites for hydroxylation is 1. The minimum atomic E-state index is -4.80. The number of anilines is 3. The van der Waals surface area contributed by atoms with E-state index in [4.69, 9.17) is 4.74 Å². The Morgan fingerprint density at radius 3 is 2.26 bits per heavy atom. The number of benzene rings is 1. The Hall–Kier alpha value is -3.83. The average Bonchev–Trinajstić information content (AvgIpc) is 2.75. The lowest BCUT2D eigenvalue weighted by molar-refractivity contribution is -0.138. The van der Waals surface area contributed by atoms with Gasteiger partial charge in [-0.05, 0) is 43.7 Å². The molecule has 0 aliphatic rings. The quantitative estimate of drug-likeness (QED) is 0.426. The lowest BCUT2D eigenvalue weighted by Gasteiger charge is -2.18. The van der Waals surface area contributed by atoms with Crippen LogP contribution in [-0.4, -0.2) is 23.0 Å². The normalized spacial score (nSPS) is 11.8.